The Balaban J connectivity index is 1.52. The highest BCUT2D eigenvalue weighted by atomic mass is 16.5. The van der Waals surface area contributed by atoms with Gasteiger partial charge < -0.3 is 20.3 Å². The summed E-state index contributed by atoms with van der Waals surface area (Å²) >= 11 is 0. The molecule has 6 nitrogen and oxygen atoms in total. The number of hydrogen-bond donors (Lipinski definition) is 2. The van der Waals surface area contributed by atoms with Crippen molar-refractivity contribution in [2.45, 2.75) is 25.8 Å². The zero-order chi connectivity index (χ0) is 23.8. The molecule has 1 heterocycles. The number of anilines is 2. The number of amides is 2. The Labute approximate surface area is 200 Å². The van der Waals surface area contributed by atoms with Crippen LogP contribution in [0.15, 0.2) is 78.9 Å². The van der Waals surface area contributed by atoms with Gasteiger partial charge >= 0.3 is 0 Å². The minimum absolute atomic E-state index is 0.224. The lowest BCUT2D eigenvalue weighted by Crippen LogP contribution is -2.44. The highest BCUT2D eigenvalue weighted by Crippen LogP contribution is 2.26. The first kappa shape index (κ1) is 23.5. The monoisotopic (exact) mass is 457 g/mol. The lowest BCUT2D eigenvalue weighted by molar-refractivity contribution is -0.118. The van der Waals surface area contributed by atoms with Gasteiger partial charge in [-0.1, -0.05) is 60.7 Å². The molecule has 176 valence electrons. The molecule has 1 fully saturated rings. The maximum Gasteiger partial charge on any atom is 0.252 e. The van der Waals surface area contributed by atoms with E-state index in [1.54, 1.807) is 6.07 Å². The largest absolute Gasteiger partial charge is 0.378 e. The molecular weight excluding hydrogens is 426 g/mol. The fourth-order valence-corrected chi connectivity index (χ4v) is 4.17. The molecule has 0 saturated carbocycles. The number of ether oxygens (including phenoxy) is 1. The van der Waals surface area contributed by atoms with Crippen LogP contribution in [0.25, 0.3) is 0 Å². The van der Waals surface area contributed by atoms with Crippen molar-refractivity contribution in [3.8, 4) is 0 Å². The second kappa shape index (κ2) is 11.5. The first-order chi connectivity index (χ1) is 16.6. The highest BCUT2D eigenvalue weighted by molar-refractivity contribution is 6.03. The van der Waals surface area contributed by atoms with Crippen LogP contribution in [0.5, 0.6) is 0 Å². The number of benzene rings is 3. The molecule has 0 aromatic heterocycles. The van der Waals surface area contributed by atoms with E-state index in [4.69, 9.17) is 4.74 Å². The van der Waals surface area contributed by atoms with Crippen LogP contribution in [0.3, 0.4) is 0 Å². The molecule has 1 atom stereocenters. The summed E-state index contributed by atoms with van der Waals surface area (Å²) in [6.07, 6.45) is 1.17. The standard InChI is InChI=1S/C28H31N3O3/c1-21-9-5-6-12-23(21)27(32)30-25(16-15-22-10-3-2-4-11-22)28(33)29-24-13-7-8-14-26(24)31-17-19-34-20-18-31/h2-14,25H,15-20H2,1H3,(H,29,33)(H,30,32). The van der Waals surface area contributed by atoms with Gasteiger partial charge in [0.2, 0.25) is 5.91 Å². The molecule has 0 radical (unpaired) electrons. The van der Waals surface area contributed by atoms with Crippen molar-refractivity contribution in [1.82, 2.24) is 5.32 Å². The van der Waals surface area contributed by atoms with Gasteiger partial charge in [0.05, 0.1) is 24.6 Å². The number of morpholine rings is 1. The van der Waals surface area contributed by atoms with E-state index in [1.165, 1.54) is 0 Å². The van der Waals surface area contributed by atoms with Gasteiger partial charge in [0.1, 0.15) is 6.04 Å². The summed E-state index contributed by atoms with van der Waals surface area (Å²) in [5.41, 5.74) is 4.28. The molecule has 3 aromatic carbocycles. The first-order valence-corrected chi connectivity index (χ1v) is 11.7. The van der Waals surface area contributed by atoms with Crippen LogP contribution in [-0.4, -0.2) is 44.2 Å². The van der Waals surface area contributed by atoms with Crippen LogP contribution >= 0.6 is 0 Å². The van der Waals surface area contributed by atoms with Crippen molar-refractivity contribution in [1.29, 1.82) is 0 Å². The van der Waals surface area contributed by atoms with Crippen molar-refractivity contribution >= 4 is 23.2 Å². The minimum Gasteiger partial charge on any atom is -0.378 e. The molecular formula is C28H31N3O3. The molecule has 1 unspecified atom stereocenters. The van der Waals surface area contributed by atoms with Crippen LogP contribution in [0.2, 0.25) is 0 Å². The first-order valence-electron chi connectivity index (χ1n) is 11.7. The second-order valence-electron chi connectivity index (χ2n) is 8.47. The average Bonchev–Trinajstić information content (AvgIpc) is 2.88. The molecule has 0 aliphatic carbocycles. The Morgan fingerprint density at radius 2 is 1.59 bits per heavy atom. The molecule has 1 saturated heterocycles. The van der Waals surface area contributed by atoms with Crippen LogP contribution in [0.4, 0.5) is 11.4 Å². The highest BCUT2D eigenvalue weighted by Gasteiger charge is 2.24. The second-order valence-corrected chi connectivity index (χ2v) is 8.47. The summed E-state index contributed by atoms with van der Waals surface area (Å²) in [4.78, 5) is 28.7. The minimum atomic E-state index is -0.676. The normalized spacial score (nSPS) is 14.3. The van der Waals surface area contributed by atoms with Gasteiger partial charge in [-0.05, 0) is 49.1 Å². The molecule has 0 bridgehead atoms. The van der Waals surface area contributed by atoms with Crippen LogP contribution < -0.4 is 15.5 Å². The van der Waals surface area contributed by atoms with Gasteiger partial charge in [0.15, 0.2) is 0 Å². The summed E-state index contributed by atoms with van der Waals surface area (Å²) < 4.78 is 5.47. The zero-order valence-electron chi connectivity index (χ0n) is 19.5. The van der Waals surface area contributed by atoms with Crippen molar-refractivity contribution in [2.24, 2.45) is 0 Å². The van der Waals surface area contributed by atoms with E-state index in [2.05, 4.69) is 15.5 Å². The molecule has 6 heteroatoms. The summed E-state index contributed by atoms with van der Waals surface area (Å²) in [7, 11) is 0. The van der Waals surface area contributed by atoms with E-state index in [0.29, 0.717) is 31.6 Å². The third-order valence-electron chi connectivity index (χ3n) is 6.09. The maximum atomic E-state index is 13.5. The lowest BCUT2D eigenvalue weighted by Gasteiger charge is -2.31. The Kier molecular flexibility index (Phi) is 7.94. The summed E-state index contributed by atoms with van der Waals surface area (Å²) in [6, 6.07) is 24.5. The molecule has 0 spiro atoms. The summed E-state index contributed by atoms with van der Waals surface area (Å²) in [5.74, 6) is -0.466. The van der Waals surface area contributed by atoms with Crippen LogP contribution in [0, 0.1) is 6.92 Å². The Bertz CT molecular complexity index is 1110. The number of carbonyl (C=O) groups excluding carboxylic acids is 2. The number of nitrogens with one attached hydrogen (secondary N) is 2. The van der Waals surface area contributed by atoms with E-state index in [0.717, 1.165) is 35.6 Å². The SMILES string of the molecule is Cc1ccccc1C(=O)NC(CCc1ccccc1)C(=O)Nc1ccccc1N1CCOCC1. The third kappa shape index (κ3) is 6.02. The third-order valence-corrected chi connectivity index (χ3v) is 6.09. The smallest absolute Gasteiger partial charge is 0.252 e. The Hall–Kier alpha value is -3.64. The van der Waals surface area contributed by atoms with Crippen LogP contribution in [0.1, 0.15) is 27.9 Å². The van der Waals surface area contributed by atoms with Gasteiger partial charge in [-0.3, -0.25) is 9.59 Å². The number of carbonyl (C=O) groups is 2. The number of nitrogens with zero attached hydrogens (tertiary/aromatic N) is 1. The van der Waals surface area contributed by atoms with Crippen LogP contribution in [-0.2, 0) is 16.0 Å². The lowest BCUT2D eigenvalue weighted by atomic mass is 10.0. The topological polar surface area (TPSA) is 70.7 Å². The maximum absolute atomic E-state index is 13.5. The fourth-order valence-electron chi connectivity index (χ4n) is 4.17. The number of rotatable bonds is 8. The number of aryl methyl sites for hydroxylation is 2. The Morgan fingerprint density at radius 1 is 0.912 bits per heavy atom. The fraction of sp³-hybridized carbons (Fsp3) is 0.286. The van der Waals surface area contributed by atoms with Crippen molar-refractivity contribution < 1.29 is 14.3 Å². The number of hydrogen-bond acceptors (Lipinski definition) is 4. The van der Waals surface area contributed by atoms with E-state index in [-0.39, 0.29) is 11.8 Å². The molecule has 1 aliphatic heterocycles. The average molecular weight is 458 g/mol. The molecule has 34 heavy (non-hydrogen) atoms. The van der Waals surface area contributed by atoms with Gasteiger partial charge in [0, 0.05) is 18.7 Å². The molecule has 2 N–H and O–H groups in total. The molecule has 1 aliphatic rings. The molecule has 3 aromatic rings. The van der Waals surface area contributed by atoms with Gasteiger partial charge in [-0.25, -0.2) is 0 Å². The van der Waals surface area contributed by atoms with E-state index >= 15 is 0 Å². The summed E-state index contributed by atoms with van der Waals surface area (Å²) in [5, 5.41) is 6.06. The van der Waals surface area contributed by atoms with E-state index in [9.17, 15) is 9.59 Å². The predicted octanol–water partition coefficient (Wildman–Crippen LogP) is 4.20. The van der Waals surface area contributed by atoms with E-state index in [1.807, 2.05) is 79.7 Å². The molecule has 2 amide bonds. The van der Waals surface area contributed by atoms with Crippen molar-refractivity contribution in [3.05, 3.63) is 95.6 Å². The quantitative estimate of drug-likeness (QED) is 0.532. The van der Waals surface area contributed by atoms with Gasteiger partial charge in [-0.2, -0.15) is 0 Å². The predicted molar refractivity (Wildman–Crippen MR) is 135 cm³/mol. The van der Waals surface area contributed by atoms with Crippen molar-refractivity contribution in [2.75, 3.05) is 36.5 Å². The number of para-hydroxylation sites is 2. The van der Waals surface area contributed by atoms with Crippen molar-refractivity contribution in [3.63, 3.8) is 0 Å². The molecule has 4 rings (SSSR count). The van der Waals surface area contributed by atoms with Gasteiger partial charge in [-0.15, -0.1) is 0 Å². The van der Waals surface area contributed by atoms with Gasteiger partial charge in [0.25, 0.3) is 5.91 Å². The summed E-state index contributed by atoms with van der Waals surface area (Å²) in [6.45, 7) is 4.76. The zero-order valence-corrected chi connectivity index (χ0v) is 19.5. The Morgan fingerprint density at radius 3 is 2.35 bits per heavy atom. The van der Waals surface area contributed by atoms with E-state index < -0.39 is 6.04 Å².